The fourth-order valence-corrected chi connectivity index (χ4v) is 2.13. The van der Waals surface area contributed by atoms with Crippen LogP contribution in [0.4, 0.5) is 0 Å². The van der Waals surface area contributed by atoms with Gasteiger partial charge in [0.1, 0.15) is 0 Å². The molecule has 0 radical (unpaired) electrons. The lowest BCUT2D eigenvalue weighted by Crippen LogP contribution is -2.29. The van der Waals surface area contributed by atoms with Gasteiger partial charge in [0.05, 0.1) is 13.7 Å². The Hall–Kier alpha value is -0.260. The lowest BCUT2D eigenvalue weighted by atomic mass is 10.3. The van der Waals surface area contributed by atoms with E-state index in [1.807, 2.05) is 0 Å². The minimum atomic E-state index is -1.03. The molecular weight excluding hydrogens is 262 g/mol. The van der Waals surface area contributed by atoms with E-state index in [9.17, 15) is 4.79 Å². The molecule has 5 heteroatoms. The number of carbonyl (C=O) groups is 1. The Balaban J connectivity index is 3.80. The summed E-state index contributed by atoms with van der Waals surface area (Å²) in [5.74, 6) is -0.136. The van der Waals surface area contributed by atoms with Gasteiger partial charge in [0.2, 0.25) is 0 Å². The van der Waals surface area contributed by atoms with Gasteiger partial charge in [-0.1, -0.05) is 20.8 Å². The van der Waals surface area contributed by atoms with Crippen LogP contribution >= 0.6 is 10.3 Å². The summed E-state index contributed by atoms with van der Waals surface area (Å²) in [4.78, 5) is 13.2. The van der Waals surface area contributed by atoms with Crippen molar-refractivity contribution in [3.05, 3.63) is 0 Å². The van der Waals surface area contributed by atoms with Crippen molar-refractivity contribution in [2.75, 3.05) is 46.4 Å². The van der Waals surface area contributed by atoms with E-state index in [1.54, 1.807) is 0 Å². The van der Waals surface area contributed by atoms with Gasteiger partial charge in [-0.15, -0.1) is 10.3 Å². The van der Waals surface area contributed by atoms with Crippen LogP contribution in [-0.4, -0.2) is 62.0 Å². The number of nitrogens with zero attached hydrogens (tertiary/aromatic N) is 1. The summed E-state index contributed by atoms with van der Waals surface area (Å²) in [6, 6.07) is 0. The van der Waals surface area contributed by atoms with Crippen molar-refractivity contribution in [2.45, 2.75) is 38.4 Å². The third-order valence-electron chi connectivity index (χ3n) is 3.47. The Morgan fingerprint density at radius 2 is 1.79 bits per heavy atom. The molecule has 116 valence electrons. The second-order valence-corrected chi connectivity index (χ2v) is 10.1. The highest BCUT2D eigenvalue weighted by Gasteiger charge is 2.28. The van der Waals surface area contributed by atoms with E-state index in [0.717, 1.165) is 26.1 Å². The molecule has 0 aromatic heterocycles. The molecule has 0 aliphatic heterocycles. The molecule has 0 spiro atoms. The van der Waals surface area contributed by atoms with Gasteiger partial charge in [0.25, 0.3) is 0 Å². The molecule has 0 aliphatic carbocycles. The van der Waals surface area contributed by atoms with Gasteiger partial charge in [-0.05, 0) is 32.5 Å². The zero-order chi connectivity index (χ0) is 15.1. The maximum Gasteiger partial charge on any atom is 0.305 e. The topological polar surface area (TPSA) is 38.8 Å². The Morgan fingerprint density at radius 1 is 1.21 bits per heavy atom. The van der Waals surface area contributed by atoms with Crippen LogP contribution in [0.3, 0.4) is 0 Å². The first kappa shape index (κ1) is 18.7. The number of ether oxygens (including phenoxy) is 1. The van der Waals surface area contributed by atoms with Crippen molar-refractivity contribution in [3.8, 4) is 0 Å². The first-order valence-corrected chi connectivity index (χ1v) is 9.10. The highest BCUT2D eigenvalue weighted by molar-refractivity contribution is 8.29. The summed E-state index contributed by atoms with van der Waals surface area (Å²) in [6.07, 6.45) is 5.74. The SMILES string of the molecule is COC(=O)CCCN(C)CCOS(C)(C)C(C)(C)C. The molecule has 0 aromatic rings. The highest BCUT2D eigenvalue weighted by atomic mass is 32.3. The second kappa shape index (κ2) is 8.12. The molecule has 4 nitrogen and oxygen atoms in total. The molecule has 0 bridgehead atoms. The van der Waals surface area contributed by atoms with Gasteiger partial charge < -0.3 is 13.8 Å². The standard InChI is InChI=1S/C14H31NO3S/c1-14(2,3)19(6,7)18-12-11-15(4)10-8-9-13(16)17-5/h8-12H2,1-7H3. The Labute approximate surface area is 120 Å². The first-order valence-electron chi connectivity index (χ1n) is 6.73. The molecular formula is C14H31NO3S. The molecule has 0 N–H and O–H groups in total. The lowest BCUT2D eigenvalue weighted by molar-refractivity contribution is -0.140. The summed E-state index contributed by atoms with van der Waals surface area (Å²) in [6.45, 7) is 9.21. The minimum absolute atomic E-state index is 0.136. The van der Waals surface area contributed by atoms with Crippen molar-refractivity contribution < 1.29 is 13.7 Å². The molecule has 0 saturated heterocycles. The summed E-state index contributed by atoms with van der Waals surface area (Å²) in [7, 11) is 2.45. The summed E-state index contributed by atoms with van der Waals surface area (Å²) in [5, 5.41) is 0. The van der Waals surface area contributed by atoms with E-state index >= 15 is 0 Å². The quantitative estimate of drug-likeness (QED) is 0.645. The van der Waals surface area contributed by atoms with E-state index in [1.165, 1.54) is 7.11 Å². The summed E-state index contributed by atoms with van der Waals surface area (Å²) in [5.41, 5.74) is 0. The fourth-order valence-electron chi connectivity index (χ4n) is 1.29. The van der Waals surface area contributed by atoms with Crippen LogP contribution in [-0.2, 0) is 13.7 Å². The predicted molar refractivity (Wildman–Crippen MR) is 83.9 cm³/mol. The summed E-state index contributed by atoms with van der Waals surface area (Å²) >= 11 is 0. The third kappa shape index (κ3) is 7.80. The number of methoxy groups -OCH3 is 1. The van der Waals surface area contributed by atoms with E-state index < -0.39 is 10.3 Å². The van der Waals surface area contributed by atoms with Crippen molar-refractivity contribution in [1.29, 1.82) is 0 Å². The highest BCUT2D eigenvalue weighted by Crippen LogP contribution is 2.53. The van der Waals surface area contributed by atoms with Crippen molar-refractivity contribution in [1.82, 2.24) is 4.90 Å². The zero-order valence-electron chi connectivity index (χ0n) is 13.6. The number of carbonyl (C=O) groups excluding carboxylic acids is 1. The molecule has 19 heavy (non-hydrogen) atoms. The maximum absolute atomic E-state index is 11.0. The van der Waals surface area contributed by atoms with Crippen LogP contribution in [0.5, 0.6) is 0 Å². The average molecular weight is 293 g/mol. The Kier molecular flexibility index (Phi) is 8.01. The van der Waals surface area contributed by atoms with Crippen LogP contribution in [0, 0.1) is 0 Å². The van der Waals surface area contributed by atoms with Gasteiger partial charge in [-0.25, -0.2) is 0 Å². The van der Waals surface area contributed by atoms with Crippen LogP contribution in [0.15, 0.2) is 0 Å². The van der Waals surface area contributed by atoms with Crippen LogP contribution in [0.1, 0.15) is 33.6 Å². The van der Waals surface area contributed by atoms with Gasteiger partial charge in [-0.2, -0.15) is 0 Å². The molecule has 0 rings (SSSR count). The number of hydrogen-bond acceptors (Lipinski definition) is 4. The average Bonchev–Trinajstić information content (AvgIpc) is 2.26. The normalized spacial score (nSPS) is 13.7. The van der Waals surface area contributed by atoms with Crippen molar-refractivity contribution in [3.63, 3.8) is 0 Å². The number of esters is 1. The van der Waals surface area contributed by atoms with E-state index in [-0.39, 0.29) is 10.7 Å². The largest absolute Gasteiger partial charge is 0.469 e. The monoisotopic (exact) mass is 293 g/mol. The van der Waals surface area contributed by atoms with Crippen molar-refractivity contribution in [2.24, 2.45) is 0 Å². The number of rotatable bonds is 8. The van der Waals surface area contributed by atoms with E-state index in [2.05, 4.69) is 50.0 Å². The zero-order valence-corrected chi connectivity index (χ0v) is 14.4. The van der Waals surface area contributed by atoms with Crippen molar-refractivity contribution >= 4 is 16.3 Å². The molecule has 0 fully saturated rings. The smallest absolute Gasteiger partial charge is 0.305 e. The molecule has 0 aromatic carbocycles. The second-order valence-electron chi connectivity index (χ2n) is 6.15. The number of hydrogen-bond donors (Lipinski definition) is 0. The Morgan fingerprint density at radius 3 is 2.26 bits per heavy atom. The minimum Gasteiger partial charge on any atom is -0.469 e. The van der Waals surface area contributed by atoms with Crippen LogP contribution in [0.2, 0.25) is 0 Å². The maximum atomic E-state index is 11.0. The molecule has 0 heterocycles. The molecule has 0 aliphatic rings. The fraction of sp³-hybridized carbons (Fsp3) is 0.929. The molecule has 0 unspecified atom stereocenters. The van der Waals surface area contributed by atoms with Crippen LogP contribution in [0.25, 0.3) is 0 Å². The molecule has 0 atom stereocenters. The molecule has 0 saturated carbocycles. The summed E-state index contributed by atoms with van der Waals surface area (Å²) < 4.78 is 10.9. The van der Waals surface area contributed by atoms with Gasteiger partial charge in [0.15, 0.2) is 0 Å². The predicted octanol–water partition coefficient (Wildman–Crippen LogP) is 2.67. The van der Waals surface area contributed by atoms with E-state index in [4.69, 9.17) is 4.18 Å². The third-order valence-corrected chi connectivity index (χ3v) is 7.18. The van der Waals surface area contributed by atoms with Gasteiger partial charge in [-0.3, -0.25) is 4.79 Å². The Bertz CT molecular complexity index is 274. The van der Waals surface area contributed by atoms with Gasteiger partial charge >= 0.3 is 5.97 Å². The lowest BCUT2D eigenvalue weighted by Gasteiger charge is -2.44. The van der Waals surface area contributed by atoms with Gasteiger partial charge in [0, 0.05) is 17.7 Å². The first-order chi connectivity index (χ1) is 8.60. The van der Waals surface area contributed by atoms with E-state index in [0.29, 0.717) is 6.42 Å². The molecule has 0 amide bonds. The van der Waals surface area contributed by atoms with Crippen LogP contribution < -0.4 is 0 Å². The number of likely N-dealkylation sites (N-methyl/N-ethyl adjacent to an activating group) is 1.